The third-order valence-corrected chi connectivity index (χ3v) is 1.70. The van der Waals surface area contributed by atoms with Gasteiger partial charge in [0, 0.05) is 11.8 Å². The number of carbonyl (C=O) groups is 3. The van der Waals surface area contributed by atoms with Crippen LogP contribution >= 0.6 is 0 Å². The molecule has 0 aromatic heterocycles. The lowest BCUT2D eigenvalue weighted by Crippen LogP contribution is -2.37. The number of hydrogen-bond donors (Lipinski definition) is 3. The Morgan fingerprint density at radius 1 is 1.35 bits per heavy atom. The van der Waals surface area contributed by atoms with Crippen molar-refractivity contribution >= 4 is 17.9 Å². The minimum Gasteiger partial charge on any atom is -0.481 e. The standard InChI is InChI=1S/C10H15NO6/c1-3-17-9(14)4-6(2)11-7(10(15)16)5-8(12)13/h4,7,11H,3,5H2,1-2H3,(H,12,13)(H,15,16)/t7-/m0/s1. The van der Waals surface area contributed by atoms with Gasteiger partial charge < -0.3 is 20.3 Å². The van der Waals surface area contributed by atoms with Crippen LogP contribution < -0.4 is 5.32 Å². The lowest BCUT2D eigenvalue weighted by molar-refractivity contribution is -0.145. The molecule has 3 N–H and O–H groups in total. The maximum atomic E-state index is 11.0. The minimum absolute atomic E-state index is 0.208. The minimum atomic E-state index is -1.30. The molecule has 0 heterocycles. The number of ether oxygens (including phenoxy) is 1. The first-order valence-electron chi connectivity index (χ1n) is 4.93. The predicted octanol–water partition coefficient (Wildman–Crippen LogP) is -0.0292. The number of rotatable bonds is 7. The van der Waals surface area contributed by atoms with Crippen molar-refractivity contribution in [1.29, 1.82) is 0 Å². The van der Waals surface area contributed by atoms with Gasteiger partial charge in [-0.25, -0.2) is 9.59 Å². The molecule has 96 valence electrons. The lowest BCUT2D eigenvalue weighted by atomic mass is 10.2. The highest BCUT2D eigenvalue weighted by atomic mass is 16.5. The Balaban J connectivity index is 4.49. The molecule has 0 rings (SSSR count). The van der Waals surface area contributed by atoms with Crippen LogP contribution in [0.4, 0.5) is 0 Å². The van der Waals surface area contributed by atoms with E-state index in [1.54, 1.807) is 6.92 Å². The summed E-state index contributed by atoms with van der Waals surface area (Å²) < 4.78 is 4.62. The fourth-order valence-corrected chi connectivity index (χ4v) is 1.05. The molecule has 0 bridgehead atoms. The van der Waals surface area contributed by atoms with Crippen molar-refractivity contribution in [2.24, 2.45) is 0 Å². The highest BCUT2D eigenvalue weighted by molar-refractivity contribution is 5.83. The number of aliphatic carboxylic acids is 2. The van der Waals surface area contributed by atoms with Gasteiger partial charge in [0.1, 0.15) is 6.04 Å². The molecule has 0 spiro atoms. The van der Waals surface area contributed by atoms with Crippen LogP contribution in [0.15, 0.2) is 11.8 Å². The second kappa shape index (κ2) is 7.26. The number of carboxylic acids is 2. The first kappa shape index (κ1) is 14.9. The molecule has 0 aliphatic heterocycles. The van der Waals surface area contributed by atoms with Crippen LogP contribution in [0.5, 0.6) is 0 Å². The van der Waals surface area contributed by atoms with Crippen molar-refractivity contribution in [3.63, 3.8) is 0 Å². The maximum absolute atomic E-state index is 11.0. The average molecular weight is 245 g/mol. The molecule has 0 aliphatic carbocycles. The quantitative estimate of drug-likeness (QED) is 0.426. The number of esters is 1. The van der Waals surface area contributed by atoms with Gasteiger partial charge in [-0.15, -0.1) is 0 Å². The molecule has 7 nitrogen and oxygen atoms in total. The summed E-state index contributed by atoms with van der Waals surface area (Å²) in [5, 5.41) is 19.7. The summed E-state index contributed by atoms with van der Waals surface area (Å²) in [5.74, 6) is -3.16. The molecule has 0 radical (unpaired) electrons. The van der Waals surface area contributed by atoms with Gasteiger partial charge in [0.25, 0.3) is 0 Å². The zero-order valence-electron chi connectivity index (χ0n) is 9.60. The van der Waals surface area contributed by atoms with Crippen molar-refractivity contribution in [3.05, 3.63) is 11.8 Å². The van der Waals surface area contributed by atoms with Crippen LogP contribution in [-0.4, -0.2) is 40.8 Å². The Morgan fingerprint density at radius 2 is 1.94 bits per heavy atom. The number of allylic oxidation sites excluding steroid dienone is 1. The van der Waals surface area contributed by atoms with Gasteiger partial charge in [-0.05, 0) is 13.8 Å². The Bertz CT molecular complexity index is 336. The normalized spacial score (nSPS) is 12.7. The van der Waals surface area contributed by atoms with E-state index in [-0.39, 0.29) is 12.3 Å². The molecular formula is C10H15NO6. The molecule has 0 fully saturated rings. The van der Waals surface area contributed by atoms with Gasteiger partial charge >= 0.3 is 17.9 Å². The van der Waals surface area contributed by atoms with E-state index in [0.717, 1.165) is 6.08 Å². The Morgan fingerprint density at radius 3 is 2.35 bits per heavy atom. The van der Waals surface area contributed by atoms with Crippen molar-refractivity contribution < 1.29 is 29.3 Å². The summed E-state index contributed by atoms with van der Waals surface area (Å²) >= 11 is 0. The van der Waals surface area contributed by atoms with E-state index < -0.39 is 30.4 Å². The van der Waals surface area contributed by atoms with Crippen molar-refractivity contribution in [1.82, 2.24) is 5.32 Å². The molecule has 1 atom stereocenters. The van der Waals surface area contributed by atoms with Crippen LogP contribution in [0.1, 0.15) is 20.3 Å². The number of hydrogen-bond acceptors (Lipinski definition) is 5. The predicted molar refractivity (Wildman–Crippen MR) is 57.2 cm³/mol. The third-order valence-electron chi connectivity index (χ3n) is 1.70. The molecule has 0 amide bonds. The fourth-order valence-electron chi connectivity index (χ4n) is 1.05. The zero-order valence-corrected chi connectivity index (χ0v) is 9.60. The highest BCUT2D eigenvalue weighted by Gasteiger charge is 2.20. The summed E-state index contributed by atoms with van der Waals surface area (Å²) in [4.78, 5) is 32.1. The summed E-state index contributed by atoms with van der Waals surface area (Å²) in [5.41, 5.74) is 0.233. The number of carboxylic acid groups (broad SMARTS) is 2. The van der Waals surface area contributed by atoms with E-state index in [1.807, 2.05) is 0 Å². The maximum Gasteiger partial charge on any atom is 0.332 e. The summed E-state index contributed by atoms with van der Waals surface area (Å²) in [6.07, 6.45) is 0.491. The Kier molecular flexibility index (Phi) is 6.39. The van der Waals surface area contributed by atoms with Gasteiger partial charge in [-0.3, -0.25) is 4.79 Å². The van der Waals surface area contributed by atoms with Crippen molar-refractivity contribution in [2.75, 3.05) is 6.61 Å². The molecular weight excluding hydrogens is 230 g/mol. The highest BCUT2D eigenvalue weighted by Crippen LogP contribution is 1.98. The first-order valence-corrected chi connectivity index (χ1v) is 4.93. The Labute approximate surface area is 98.1 Å². The smallest absolute Gasteiger partial charge is 0.332 e. The van der Waals surface area contributed by atoms with E-state index in [2.05, 4.69) is 10.1 Å². The monoisotopic (exact) mass is 245 g/mol. The molecule has 0 saturated carbocycles. The van der Waals surface area contributed by atoms with E-state index >= 15 is 0 Å². The van der Waals surface area contributed by atoms with Crippen molar-refractivity contribution in [3.8, 4) is 0 Å². The van der Waals surface area contributed by atoms with E-state index in [9.17, 15) is 14.4 Å². The first-order chi connectivity index (χ1) is 7.86. The summed E-state index contributed by atoms with van der Waals surface area (Å²) in [6, 6.07) is -1.28. The van der Waals surface area contributed by atoms with Crippen LogP contribution in [0.2, 0.25) is 0 Å². The van der Waals surface area contributed by atoms with Crippen LogP contribution in [0, 0.1) is 0 Å². The summed E-state index contributed by atoms with van der Waals surface area (Å²) in [7, 11) is 0. The van der Waals surface area contributed by atoms with Crippen LogP contribution in [0.3, 0.4) is 0 Å². The van der Waals surface area contributed by atoms with E-state index in [0.29, 0.717) is 0 Å². The zero-order chi connectivity index (χ0) is 13.4. The van der Waals surface area contributed by atoms with Gasteiger partial charge in [0.15, 0.2) is 0 Å². The molecule has 0 aliphatic rings. The number of carbonyl (C=O) groups excluding carboxylic acids is 1. The van der Waals surface area contributed by atoms with Gasteiger partial charge in [-0.1, -0.05) is 0 Å². The molecule has 0 aromatic carbocycles. The van der Waals surface area contributed by atoms with Crippen molar-refractivity contribution in [2.45, 2.75) is 26.3 Å². The third kappa shape index (κ3) is 6.93. The SMILES string of the molecule is CCOC(=O)C=C(C)N[C@@H](CC(=O)O)C(=O)O. The van der Waals surface area contributed by atoms with E-state index in [1.165, 1.54) is 6.92 Å². The van der Waals surface area contributed by atoms with Gasteiger partial charge in [0.05, 0.1) is 13.0 Å². The largest absolute Gasteiger partial charge is 0.481 e. The van der Waals surface area contributed by atoms with Crippen LogP contribution in [0.25, 0.3) is 0 Å². The molecule has 0 unspecified atom stereocenters. The summed E-state index contributed by atoms with van der Waals surface area (Å²) in [6.45, 7) is 3.30. The Hall–Kier alpha value is -2.05. The van der Waals surface area contributed by atoms with Crippen LogP contribution in [-0.2, 0) is 19.1 Å². The average Bonchev–Trinajstić information content (AvgIpc) is 2.15. The fraction of sp³-hybridized carbons (Fsp3) is 0.500. The second-order valence-corrected chi connectivity index (χ2v) is 3.21. The van der Waals surface area contributed by atoms with Gasteiger partial charge in [0.2, 0.25) is 0 Å². The molecule has 0 aromatic rings. The second-order valence-electron chi connectivity index (χ2n) is 3.21. The van der Waals surface area contributed by atoms with Gasteiger partial charge in [-0.2, -0.15) is 0 Å². The lowest BCUT2D eigenvalue weighted by Gasteiger charge is -2.13. The molecule has 7 heteroatoms. The topological polar surface area (TPSA) is 113 Å². The molecule has 0 saturated heterocycles. The van der Waals surface area contributed by atoms with E-state index in [4.69, 9.17) is 10.2 Å². The molecule has 17 heavy (non-hydrogen) atoms. The number of nitrogens with one attached hydrogen (secondary N) is 1.